The van der Waals surface area contributed by atoms with Gasteiger partial charge in [-0.1, -0.05) is 36.8 Å². The molecule has 1 saturated carbocycles. The Morgan fingerprint density at radius 3 is 2.67 bits per heavy atom. The second-order valence-corrected chi connectivity index (χ2v) is 6.85. The summed E-state index contributed by atoms with van der Waals surface area (Å²) < 4.78 is 5.28. The van der Waals surface area contributed by atoms with E-state index in [4.69, 9.17) is 4.74 Å². The average molecular weight is 289 g/mol. The molecule has 0 radical (unpaired) electrons. The van der Waals surface area contributed by atoms with Gasteiger partial charge in [0.05, 0.1) is 25.2 Å². The van der Waals surface area contributed by atoms with Crippen molar-refractivity contribution in [2.45, 2.75) is 38.1 Å². The molecule has 2 aliphatic rings. The van der Waals surface area contributed by atoms with E-state index in [1.807, 2.05) is 0 Å². The van der Waals surface area contributed by atoms with Crippen molar-refractivity contribution in [3.63, 3.8) is 0 Å². The van der Waals surface area contributed by atoms with Crippen LogP contribution >= 0.6 is 0 Å². The summed E-state index contributed by atoms with van der Waals surface area (Å²) >= 11 is 0. The van der Waals surface area contributed by atoms with E-state index in [1.165, 1.54) is 37.7 Å². The number of aryl methyl sites for hydroxylation is 1. The quantitative estimate of drug-likeness (QED) is 0.810. The van der Waals surface area contributed by atoms with Gasteiger partial charge in [-0.05, 0) is 37.2 Å². The molecule has 3 heteroatoms. The zero-order valence-corrected chi connectivity index (χ0v) is 12.8. The van der Waals surface area contributed by atoms with E-state index in [1.54, 1.807) is 0 Å². The Morgan fingerprint density at radius 1 is 1.19 bits per heavy atom. The monoisotopic (exact) mass is 289 g/mol. The van der Waals surface area contributed by atoms with Crippen LogP contribution in [0.25, 0.3) is 0 Å². The van der Waals surface area contributed by atoms with Gasteiger partial charge in [0.1, 0.15) is 0 Å². The summed E-state index contributed by atoms with van der Waals surface area (Å²) in [6.07, 6.45) is 6.40. The van der Waals surface area contributed by atoms with Crippen LogP contribution in [-0.4, -0.2) is 37.5 Å². The molecule has 1 saturated heterocycles. The number of nitrogens with one attached hydrogen (secondary N) is 1. The minimum absolute atomic E-state index is 0.00737. The van der Waals surface area contributed by atoms with Gasteiger partial charge in [0, 0.05) is 12.6 Å². The van der Waals surface area contributed by atoms with Crippen LogP contribution in [0.3, 0.4) is 0 Å². The highest BCUT2D eigenvalue weighted by Crippen LogP contribution is 2.32. The van der Waals surface area contributed by atoms with Crippen molar-refractivity contribution in [3.8, 4) is 0 Å². The number of aliphatic hydroxyl groups is 1. The first kappa shape index (κ1) is 15.0. The topological polar surface area (TPSA) is 41.5 Å². The Morgan fingerprint density at radius 2 is 2.00 bits per heavy atom. The van der Waals surface area contributed by atoms with Crippen LogP contribution in [0.4, 0.5) is 0 Å². The molecule has 0 spiro atoms. The fourth-order valence-electron chi connectivity index (χ4n) is 3.64. The number of ether oxygens (including phenoxy) is 1. The summed E-state index contributed by atoms with van der Waals surface area (Å²) in [6, 6.07) is 11.4. The standard InChI is InChI=1S/C18H27NO2/c20-12-18(13-21-14-18)11-19-17-8-4-7-16(17)10-9-15-5-2-1-3-6-15/h1-3,5-6,16-17,19-20H,4,7-14H2. The van der Waals surface area contributed by atoms with Gasteiger partial charge in [0.2, 0.25) is 0 Å². The third-order valence-electron chi connectivity index (χ3n) is 5.20. The lowest BCUT2D eigenvalue weighted by atomic mass is 9.86. The Hall–Kier alpha value is -0.900. The van der Waals surface area contributed by atoms with Gasteiger partial charge < -0.3 is 15.2 Å². The molecule has 0 bridgehead atoms. The molecule has 2 atom stereocenters. The molecule has 2 N–H and O–H groups in total. The number of hydrogen-bond donors (Lipinski definition) is 2. The van der Waals surface area contributed by atoms with Crippen LogP contribution in [0.2, 0.25) is 0 Å². The van der Waals surface area contributed by atoms with Gasteiger partial charge in [-0.3, -0.25) is 0 Å². The van der Waals surface area contributed by atoms with Gasteiger partial charge in [0.15, 0.2) is 0 Å². The third-order valence-corrected chi connectivity index (χ3v) is 5.20. The minimum atomic E-state index is -0.00737. The Labute approximate surface area is 127 Å². The zero-order chi connectivity index (χ0) is 14.5. The zero-order valence-electron chi connectivity index (χ0n) is 12.8. The SMILES string of the molecule is OCC1(CNC2CCCC2CCc2ccccc2)COC1. The second-order valence-electron chi connectivity index (χ2n) is 6.85. The predicted octanol–water partition coefficient (Wildman–Crippen LogP) is 2.39. The van der Waals surface area contributed by atoms with E-state index >= 15 is 0 Å². The second kappa shape index (κ2) is 6.91. The van der Waals surface area contributed by atoms with Crippen molar-refractivity contribution >= 4 is 0 Å². The largest absolute Gasteiger partial charge is 0.396 e. The summed E-state index contributed by atoms with van der Waals surface area (Å²) in [5, 5.41) is 13.2. The maximum absolute atomic E-state index is 9.51. The Bertz CT molecular complexity index is 425. The van der Waals surface area contributed by atoms with E-state index in [-0.39, 0.29) is 12.0 Å². The molecule has 1 aliphatic carbocycles. The summed E-state index contributed by atoms with van der Waals surface area (Å²) in [5.74, 6) is 0.780. The average Bonchev–Trinajstić information content (AvgIpc) is 2.93. The molecule has 1 aromatic carbocycles. The molecular formula is C18H27NO2. The van der Waals surface area contributed by atoms with Crippen molar-refractivity contribution in [2.24, 2.45) is 11.3 Å². The summed E-state index contributed by atoms with van der Waals surface area (Å²) in [7, 11) is 0. The molecule has 3 rings (SSSR count). The highest BCUT2D eigenvalue weighted by molar-refractivity contribution is 5.14. The number of rotatable bonds is 7. The van der Waals surface area contributed by atoms with E-state index in [0.29, 0.717) is 19.3 Å². The van der Waals surface area contributed by atoms with Crippen LogP contribution in [0.5, 0.6) is 0 Å². The van der Waals surface area contributed by atoms with E-state index in [9.17, 15) is 5.11 Å². The molecule has 2 unspecified atom stereocenters. The lowest BCUT2D eigenvalue weighted by Crippen LogP contribution is -2.54. The van der Waals surface area contributed by atoms with Crippen molar-refractivity contribution in [1.82, 2.24) is 5.32 Å². The van der Waals surface area contributed by atoms with Crippen LogP contribution in [0, 0.1) is 11.3 Å². The van der Waals surface area contributed by atoms with E-state index < -0.39 is 0 Å². The summed E-state index contributed by atoms with van der Waals surface area (Å²) in [5.41, 5.74) is 1.44. The smallest absolute Gasteiger partial charge is 0.0579 e. The van der Waals surface area contributed by atoms with E-state index in [2.05, 4.69) is 35.6 Å². The van der Waals surface area contributed by atoms with Crippen molar-refractivity contribution < 1.29 is 9.84 Å². The molecule has 3 nitrogen and oxygen atoms in total. The molecular weight excluding hydrogens is 262 g/mol. The maximum Gasteiger partial charge on any atom is 0.0579 e. The Balaban J connectivity index is 1.46. The lowest BCUT2D eigenvalue weighted by molar-refractivity contribution is -0.135. The first-order valence-corrected chi connectivity index (χ1v) is 8.27. The van der Waals surface area contributed by atoms with Gasteiger partial charge in [0.25, 0.3) is 0 Å². The first-order valence-electron chi connectivity index (χ1n) is 8.27. The summed E-state index contributed by atoms with van der Waals surface area (Å²) in [4.78, 5) is 0. The van der Waals surface area contributed by atoms with E-state index in [0.717, 1.165) is 12.5 Å². The van der Waals surface area contributed by atoms with Crippen LogP contribution in [0.1, 0.15) is 31.2 Å². The first-order chi connectivity index (χ1) is 10.3. The highest BCUT2D eigenvalue weighted by Gasteiger charge is 2.39. The lowest BCUT2D eigenvalue weighted by Gasteiger charge is -2.41. The van der Waals surface area contributed by atoms with Crippen molar-refractivity contribution in [2.75, 3.05) is 26.4 Å². The normalized spacial score (nSPS) is 27.5. The van der Waals surface area contributed by atoms with Crippen molar-refractivity contribution in [3.05, 3.63) is 35.9 Å². The van der Waals surface area contributed by atoms with Gasteiger partial charge >= 0.3 is 0 Å². The van der Waals surface area contributed by atoms with Gasteiger partial charge in [-0.15, -0.1) is 0 Å². The number of benzene rings is 1. The minimum Gasteiger partial charge on any atom is -0.396 e. The van der Waals surface area contributed by atoms with Crippen LogP contribution < -0.4 is 5.32 Å². The van der Waals surface area contributed by atoms with Gasteiger partial charge in [-0.2, -0.15) is 0 Å². The molecule has 0 amide bonds. The van der Waals surface area contributed by atoms with Crippen LogP contribution in [-0.2, 0) is 11.2 Å². The fourth-order valence-corrected chi connectivity index (χ4v) is 3.64. The third kappa shape index (κ3) is 3.65. The Kier molecular flexibility index (Phi) is 4.94. The maximum atomic E-state index is 9.51. The number of aliphatic hydroxyl groups excluding tert-OH is 1. The molecule has 1 aliphatic heterocycles. The molecule has 1 aromatic rings. The fraction of sp³-hybridized carbons (Fsp3) is 0.667. The summed E-state index contributed by atoms with van der Waals surface area (Å²) in [6.45, 7) is 2.55. The molecule has 116 valence electrons. The molecule has 2 fully saturated rings. The number of hydrogen-bond acceptors (Lipinski definition) is 3. The predicted molar refractivity (Wildman–Crippen MR) is 84.2 cm³/mol. The molecule has 21 heavy (non-hydrogen) atoms. The van der Waals surface area contributed by atoms with Gasteiger partial charge in [-0.25, -0.2) is 0 Å². The molecule has 0 aromatic heterocycles. The van der Waals surface area contributed by atoms with Crippen molar-refractivity contribution in [1.29, 1.82) is 0 Å². The van der Waals surface area contributed by atoms with Crippen LogP contribution in [0.15, 0.2) is 30.3 Å². The highest BCUT2D eigenvalue weighted by atomic mass is 16.5. The molecule has 1 heterocycles.